The average molecular weight is 498 g/mol. The van der Waals surface area contributed by atoms with Crippen molar-refractivity contribution in [2.24, 2.45) is 5.73 Å². The van der Waals surface area contributed by atoms with E-state index in [0.717, 1.165) is 44.2 Å². The molecule has 0 aromatic heterocycles. The lowest BCUT2D eigenvalue weighted by Gasteiger charge is -2.17. The predicted molar refractivity (Wildman–Crippen MR) is 142 cm³/mol. The highest BCUT2D eigenvalue weighted by atomic mass is 16.6. The Morgan fingerprint density at radius 1 is 0.861 bits per heavy atom. The average Bonchev–Trinajstić information content (AvgIpc) is 2.86. The van der Waals surface area contributed by atoms with Crippen molar-refractivity contribution in [3.8, 4) is 11.5 Å². The van der Waals surface area contributed by atoms with Crippen molar-refractivity contribution in [2.75, 3.05) is 0 Å². The maximum absolute atomic E-state index is 12.0. The number of carbonyl (C=O) groups excluding carboxylic acids is 2. The van der Waals surface area contributed by atoms with Gasteiger partial charge in [-0.1, -0.05) is 73.8 Å². The fourth-order valence-electron chi connectivity index (χ4n) is 3.02. The lowest BCUT2D eigenvalue weighted by atomic mass is 10.0. The summed E-state index contributed by atoms with van der Waals surface area (Å²) < 4.78 is 4.71. The fraction of sp³-hybridized carbons (Fsp3) is 0.379. The molecule has 0 aliphatic carbocycles. The number of nitrogens with two attached hydrogens (primary N) is 1. The molecule has 7 nitrogen and oxygen atoms in total. The molecule has 1 aromatic rings. The summed E-state index contributed by atoms with van der Waals surface area (Å²) in [4.78, 5) is 23.9. The van der Waals surface area contributed by atoms with Crippen LogP contribution in [0.1, 0.15) is 70.0 Å². The zero-order valence-electron chi connectivity index (χ0n) is 21.0. The van der Waals surface area contributed by atoms with Crippen molar-refractivity contribution in [3.05, 3.63) is 84.5 Å². The van der Waals surface area contributed by atoms with E-state index in [1.807, 2.05) is 12.2 Å². The number of unbranched alkanes of at least 4 members (excludes halogenated alkanes) is 1. The summed E-state index contributed by atoms with van der Waals surface area (Å²) in [6.45, 7) is 2.13. The molecule has 0 aliphatic rings. The summed E-state index contributed by atoms with van der Waals surface area (Å²) in [5.74, 6) is -2.61. The number of hydrogen-bond acceptors (Lipinski definition) is 7. The normalized spacial score (nSPS) is 14.0. The van der Waals surface area contributed by atoms with Crippen LogP contribution in [0.15, 0.2) is 79.0 Å². The van der Waals surface area contributed by atoms with Crippen LogP contribution < -0.4 is 5.73 Å². The standard InChI is InChI=1S/C29H39NO6/c1-2-3-4-5-6-7-8-9-10-11-12-13-14-15-16-17-18-19-26(33)36-29(35)27(30)28(34)23-20-21-24(31)25(32)22-23/h3-4,6-7,9-10,12-13,15-16,20-22,27-28,31-32,34H,2,5,8,11,14,17-19,30H2,1H3/t27-,28+/m0/s1. The Bertz CT molecular complexity index is 945. The number of hydrogen-bond donors (Lipinski definition) is 4. The molecule has 0 heterocycles. The van der Waals surface area contributed by atoms with Gasteiger partial charge >= 0.3 is 11.9 Å². The summed E-state index contributed by atoms with van der Waals surface area (Å²) in [5.41, 5.74) is 5.79. The molecule has 7 heteroatoms. The molecule has 2 atom stereocenters. The molecule has 0 saturated heterocycles. The Hall–Kier alpha value is -3.42. The molecule has 0 aliphatic heterocycles. The number of benzene rings is 1. The number of aliphatic hydroxyl groups is 1. The molecule has 36 heavy (non-hydrogen) atoms. The van der Waals surface area contributed by atoms with Gasteiger partial charge in [0.2, 0.25) is 0 Å². The number of carbonyl (C=O) groups is 2. The highest BCUT2D eigenvalue weighted by Gasteiger charge is 2.28. The Morgan fingerprint density at radius 2 is 1.39 bits per heavy atom. The molecule has 5 N–H and O–H groups in total. The topological polar surface area (TPSA) is 130 Å². The Labute approximate surface area is 214 Å². The van der Waals surface area contributed by atoms with Gasteiger partial charge in [0.25, 0.3) is 0 Å². The first-order valence-electron chi connectivity index (χ1n) is 12.3. The quantitative estimate of drug-likeness (QED) is 0.0785. The molecule has 0 bridgehead atoms. The number of ether oxygens (including phenoxy) is 1. The van der Waals surface area contributed by atoms with Gasteiger partial charge in [-0.05, 0) is 62.6 Å². The number of aromatic hydroxyl groups is 2. The van der Waals surface area contributed by atoms with Gasteiger partial charge < -0.3 is 25.8 Å². The molecular weight excluding hydrogens is 458 g/mol. The third-order valence-electron chi connectivity index (χ3n) is 5.08. The summed E-state index contributed by atoms with van der Waals surface area (Å²) in [6, 6.07) is 2.04. The van der Waals surface area contributed by atoms with Crippen LogP contribution in [0.5, 0.6) is 11.5 Å². The second-order valence-corrected chi connectivity index (χ2v) is 8.11. The van der Waals surface area contributed by atoms with Crippen molar-refractivity contribution in [2.45, 2.75) is 70.4 Å². The largest absolute Gasteiger partial charge is 0.504 e. The lowest BCUT2D eigenvalue weighted by molar-refractivity contribution is -0.162. The van der Waals surface area contributed by atoms with E-state index in [9.17, 15) is 24.9 Å². The van der Waals surface area contributed by atoms with Crippen LogP contribution in [0.2, 0.25) is 0 Å². The van der Waals surface area contributed by atoms with Crippen LogP contribution in [0, 0.1) is 0 Å². The van der Waals surface area contributed by atoms with E-state index in [4.69, 9.17) is 10.5 Å². The zero-order valence-corrected chi connectivity index (χ0v) is 21.0. The summed E-state index contributed by atoms with van der Waals surface area (Å²) >= 11 is 0. The molecule has 0 unspecified atom stereocenters. The number of allylic oxidation sites excluding steroid dienone is 10. The summed E-state index contributed by atoms with van der Waals surface area (Å²) in [7, 11) is 0. The number of aliphatic hydroxyl groups excluding tert-OH is 1. The van der Waals surface area contributed by atoms with Crippen molar-refractivity contribution in [3.63, 3.8) is 0 Å². The van der Waals surface area contributed by atoms with E-state index >= 15 is 0 Å². The van der Waals surface area contributed by atoms with Crippen molar-refractivity contribution in [1.29, 1.82) is 0 Å². The van der Waals surface area contributed by atoms with Gasteiger partial charge in [-0.3, -0.25) is 4.79 Å². The first-order valence-corrected chi connectivity index (χ1v) is 12.3. The van der Waals surface area contributed by atoms with Crippen molar-refractivity contribution >= 4 is 11.9 Å². The lowest BCUT2D eigenvalue weighted by Crippen LogP contribution is -2.39. The van der Waals surface area contributed by atoms with E-state index in [-0.39, 0.29) is 17.7 Å². The molecule has 1 rings (SSSR count). The molecule has 0 amide bonds. The van der Waals surface area contributed by atoms with Gasteiger partial charge in [0.15, 0.2) is 11.5 Å². The van der Waals surface area contributed by atoms with Crippen LogP contribution in [0.4, 0.5) is 0 Å². The minimum absolute atomic E-state index is 0.0445. The number of esters is 2. The van der Waals surface area contributed by atoms with Gasteiger partial charge in [-0.25, -0.2) is 4.79 Å². The van der Waals surface area contributed by atoms with Gasteiger partial charge in [0.05, 0.1) is 0 Å². The van der Waals surface area contributed by atoms with Crippen LogP contribution in [-0.2, 0) is 14.3 Å². The number of phenols is 2. The number of rotatable bonds is 16. The summed E-state index contributed by atoms with van der Waals surface area (Å²) in [6.07, 6.45) is 25.6. The highest BCUT2D eigenvalue weighted by Crippen LogP contribution is 2.28. The van der Waals surface area contributed by atoms with Gasteiger partial charge in [-0.15, -0.1) is 0 Å². The monoisotopic (exact) mass is 497 g/mol. The van der Waals surface area contributed by atoms with Crippen LogP contribution in [0.25, 0.3) is 0 Å². The Kier molecular flexibility index (Phi) is 16.0. The molecule has 1 aromatic carbocycles. The SMILES string of the molecule is CCC=CCC=CCC=CCC=CCC=CCCCC(=O)OC(=O)[C@@H](N)[C@H](O)c1ccc(O)c(O)c1. The molecule has 0 radical (unpaired) electrons. The highest BCUT2D eigenvalue weighted by molar-refractivity contribution is 5.88. The third kappa shape index (κ3) is 13.5. The molecular formula is C29H39NO6. The van der Waals surface area contributed by atoms with E-state index in [2.05, 4.69) is 55.5 Å². The molecule has 0 spiro atoms. The van der Waals surface area contributed by atoms with Gasteiger partial charge in [-0.2, -0.15) is 0 Å². The van der Waals surface area contributed by atoms with E-state index in [0.29, 0.717) is 12.8 Å². The Morgan fingerprint density at radius 3 is 1.92 bits per heavy atom. The van der Waals surface area contributed by atoms with Gasteiger partial charge in [0, 0.05) is 6.42 Å². The second kappa shape index (κ2) is 18.9. The second-order valence-electron chi connectivity index (χ2n) is 8.11. The minimum atomic E-state index is -1.51. The smallest absolute Gasteiger partial charge is 0.333 e. The number of phenolic OH excluding ortho intramolecular Hbond substituents is 2. The molecule has 0 saturated carbocycles. The summed E-state index contributed by atoms with van der Waals surface area (Å²) in [5, 5.41) is 29.0. The van der Waals surface area contributed by atoms with E-state index in [1.165, 1.54) is 6.07 Å². The van der Waals surface area contributed by atoms with E-state index < -0.39 is 29.8 Å². The zero-order chi connectivity index (χ0) is 26.6. The van der Waals surface area contributed by atoms with E-state index in [1.54, 1.807) is 0 Å². The fourth-order valence-corrected chi connectivity index (χ4v) is 3.02. The third-order valence-corrected chi connectivity index (χ3v) is 5.08. The van der Waals surface area contributed by atoms with Crippen LogP contribution >= 0.6 is 0 Å². The van der Waals surface area contributed by atoms with Crippen LogP contribution in [-0.4, -0.2) is 33.3 Å². The Balaban J connectivity index is 2.17. The minimum Gasteiger partial charge on any atom is -0.504 e. The molecule has 196 valence electrons. The van der Waals surface area contributed by atoms with Crippen molar-refractivity contribution in [1.82, 2.24) is 0 Å². The maximum atomic E-state index is 12.0. The predicted octanol–water partition coefficient (Wildman–Crippen LogP) is 5.45. The van der Waals surface area contributed by atoms with Crippen molar-refractivity contribution < 1.29 is 29.6 Å². The first-order chi connectivity index (χ1) is 17.4. The van der Waals surface area contributed by atoms with Gasteiger partial charge in [0.1, 0.15) is 12.1 Å². The maximum Gasteiger partial charge on any atom is 0.333 e. The van der Waals surface area contributed by atoms with Crippen LogP contribution in [0.3, 0.4) is 0 Å². The molecule has 0 fully saturated rings. The first kappa shape index (κ1) is 30.6.